The molecule has 1 aliphatic rings. The standard InChI is InChI=1S/C13H18N2O2/c1-16-11-7-10(8-12(9-11)17-2)15-6-4-3-5-13(15)14/h7-9,14H,3-6H2,1-2H3. The minimum Gasteiger partial charge on any atom is -0.497 e. The van der Waals surface area contributed by atoms with Crippen molar-refractivity contribution in [3.8, 4) is 11.5 Å². The number of ether oxygens (including phenoxy) is 2. The van der Waals surface area contributed by atoms with Crippen LogP contribution >= 0.6 is 0 Å². The number of rotatable bonds is 3. The van der Waals surface area contributed by atoms with E-state index < -0.39 is 0 Å². The lowest BCUT2D eigenvalue weighted by atomic mass is 10.1. The van der Waals surface area contributed by atoms with E-state index in [1.165, 1.54) is 0 Å². The predicted octanol–water partition coefficient (Wildman–Crippen LogP) is 2.67. The van der Waals surface area contributed by atoms with Crippen LogP contribution < -0.4 is 14.4 Å². The first-order chi connectivity index (χ1) is 8.24. The van der Waals surface area contributed by atoms with Gasteiger partial charge in [0.15, 0.2) is 0 Å². The van der Waals surface area contributed by atoms with Crippen LogP contribution in [0.4, 0.5) is 5.69 Å². The molecule has 4 nitrogen and oxygen atoms in total. The van der Waals surface area contributed by atoms with Gasteiger partial charge in [-0.1, -0.05) is 0 Å². The minimum atomic E-state index is 0.673. The Hall–Kier alpha value is -1.71. The van der Waals surface area contributed by atoms with Crippen molar-refractivity contribution in [1.82, 2.24) is 0 Å². The number of piperidine rings is 1. The summed E-state index contributed by atoms with van der Waals surface area (Å²) in [5, 5.41) is 7.98. The molecule has 0 bridgehead atoms. The van der Waals surface area contributed by atoms with E-state index in [2.05, 4.69) is 0 Å². The summed E-state index contributed by atoms with van der Waals surface area (Å²) < 4.78 is 10.5. The van der Waals surface area contributed by atoms with Crippen molar-refractivity contribution in [3.05, 3.63) is 18.2 Å². The van der Waals surface area contributed by atoms with Gasteiger partial charge in [0.05, 0.1) is 14.2 Å². The molecular weight excluding hydrogens is 216 g/mol. The Labute approximate surface area is 102 Å². The first kappa shape index (κ1) is 11.8. The van der Waals surface area contributed by atoms with Gasteiger partial charge in [-0.3, -0.25) is 5.41 Å². The van der Waals surface area contributed by atoms with E-state index in [4.69, 9.17) is 14.9 Å². The fourth-order valence-corrected chi connectivity index (χ4v) is 2.07. The molecule has 0 unspecified atom stereocenters. The Bertz CT molecular complexity index is 396. The van der Waals surface area contributed by atoms with Gasteiger partial charge in [0.25, 0.3) is 0 Å². The quantitative estimate of drug-likeness (QED) is 0.874. The molecule has 0 amide bonds. The van der Waals surface area contributed by atoms with E-state index in [0.717, 1.165) is 43.0 Å². The number of amidine groups is 1. The summed E-state index contributed by atoms with van der Waals surface area (Å²) in [6.07, 6.45) is 3.08. The van der Waals surface area contributed by atoms with Crippen LogP contribution in [0.3, 0.4) is 0 Å². The van der Waals surface area contributed by atoms with Crippen LogP contribution in [0.2, 0.25) is 0 Å². The third-order valence-corrected chi connectivity index (χ3v) is 3.02. The number of hydrogen-bond donors (Lipinski definition) is 1. The number of anilines is 1. The molecule has 1 N–H and O–H groups in total. The van der Waals surface area contributed by atoms with Crippen molar-refractivity contribution in [2.45, 2.75) is 19.3 Å². The average molecular weight is 234 g/mol. The van der Waals surface area contributed by atoms with Crippen molar-refractivity contribution in [2.75, 3.05) is 25.7 Å². The van der Waals surface area contributed by atoms with Gasteiger partial charge >= 0.3 is 0 Å². The molecule has 17 heavy (non-hydrogen) atoms. The van der Waals surface area contributed by atoms with Crippen LogP contribution in [-0.2, 0) is 0 Å². The predicted molar refractivity (Wildman–Crippen MR) is 68.5 cm³/mol. The van der Waals surface area contributed by atoms with E-state index >= 15 is 0 Å². The van der Waals surface area contributed by atoms with Crippen LogP contribution in [0.1, 0.15) is 19.3 Å². The molecule has 0 radical (unpaired) electrons. The monoisotopic (exact) mass is 234 g/mol. The van der Waals surface area contributed by atoms with Crippen LogP contribution in [0.15, 0.2) is 18.2 Å². The second-order valence-electron chi connectivity index (χ2n) is 4.13. The summed E-state index contributed by atoms with van der Waals surface area (Å²) in [4.78, 5) is 2.02. The molecule has 2 rings (SSSR count). The summed E-state index contributed by atoms with van der Waals surface area (Å²) in [6.45, 7) is 0.898. The van der Waals surface area contributed by atoms with E-state index in [9.17, 15) is 0 Å². The second kappa shape index (κ2) is 5.08. The molecule has 0 aromatic heterocycles. The molecule has 1 aromatic carbocycles. The number of methoxy groups -OCH3 is 2. The van der Waals surface area contributed by atoms with Crippen molar-refractivity contribution in [1.29, 1.82) is 5.41 Å². The molecule has 0 saturated carbocycles. The number of nitrogens with one attached hydrogen (secondary N) is 1. The highest BCUT2D eigenvalue weighted by Gasteiger charge is 2.17. The highest BCUT2D eigenvalue weighted by atomic mass is 16.5. The van der Waals surface area contributed by atoms with E-state index in [0.29, 0.717) is 5.84 Å². The summed E-state index contributed by atoms with van der Waals surface area (Å²) in [6, 6.07) is 5.74. The Morgan fingerprint density at radius 1 is 1.06 bits per heavy atom. The molecule has 1 aliphatic heterocycles. The second-order valence-corrected chi connectivity index (χ2v) is 4.13. The minimum absolute atomic E-state index is 0.673. The Morgan fingerprint density at radius 3 is 2.24 bits per heavy atom. The van der Waals surface area contributed by atoms with Crippen molar-refractivity contribution < 1.29 is 9.47 Å². The Kier molecular flexibility index (Phi) is 3.52. The van der Waals surface area contributed by atoms with Crippen LogP contribution in [0.5, 0.6) is 11.5 Å². The van der Waals surface area contributed by atoms with Gasteiger partial charge < -0.3 is 14.4 Å². The van der Waals surface area contributed by atoms with Gasteiger partial charge in [-0.25, -0.2) is 0 Å². The Balaban J connectivity index is 2.32. The number of hydrogen-bond acceptors (Lipinski definition) is 3. The zero-order valence-electron chi connectivity index (χ0n) is 10.3. The SMILES string of the molecule is COc1cc(OC)cc(N2CCCCC2=N)c1. The highest BCUT2D eigenvalue weighted by molar-refractivity contribution is 5.96. The zero-order valence-corrected chi connectivity index (χ0v) is 10.3. The smallest absolute Gasteiger partial charge is 0.124 e. The van der Waals surface area contributed by atoms with Crippen LogP contribution in [-0.4, -0.2) is 26.6 Å². The topological polar surface area (TPSA) is 45.6 Å². The fraction of sp³-hybridized carbons (Fsp3) is 0.462. The van der Waals surface area contributed by atoms with Crippen molar-refractivity contribution in [2.24, 2.45) is 0 Å². The van der Waals surface area contributed by atoms with Gasteiger partial charge in [-0.05, 0) is 12.8 Å². The molecule has 1 aromatic rings. The van der Waals surface area contributed by atoms with Crippen molar-refractivity contribution >= 4 is 11.5 Å². The lowest BCUT2D eigenvalue weighted by molar-refractivity contribution is 0.394. The summed E-state index contributed by atoms with van der Waals surface area (Å²) in [7, 11) is 3.28. The van der Waals surface area contributed by atoms with E-state index in [-0.39, 0.29) is 0 Å². The molecule has 1 fully saturated rings. The largest absolute Gasteiger partial charge is 0.497 e. The molecular formula is C13H18N2O2. The normalized spacial score (nSPS) is 15.9. The van der Waals surface area contributed by atoms with E-state index in [1.807, 2.05) is 23.1 Å². The van der Waals surface area contributed by atoms with Gasteiger partial charge in [0.1, 0.15) is 17.3 Å². The van der Waals surface area contributed by atoms with Gasteiger partial charge in [-0.2, -0.15) is 0 Å². The van der Waals surface area contributed by atoms with Crippen LogP contribution in [0, 0.1) is 5.41 Å². The third-order valence-electron chi connectivity index (χ3n) is 3.02. The maximum Gasteiger partial charge on any atom is 0.124 e. The van der Waals surface area contributed by atoms with Crippen LogP contribution in [0.25, 0.3) is 0 Å². The summed E-state index contributed by atoms with van der Waals surface area (Å²) in [5.74, 6) is 2.20. The summed E-state index contributed by atoms with van der Waals surface area (Å²) >= 11 is 0. The molecule has 1 heterocycles. The average Bonchev–Trinajstić information content (AvgIpc) is 2.38. The van der Waals surface area contributed by atoms with Crippen molar-refractivity contribution in [3.63, 3.8) is 0 Å². The number of benzene rings is 1. The molecule has 1 saturated heterocycles. The van der Waals surface area contributed by atoms with Gasteiger partial charge in [0.2, 0.25) is 0 Å². The molecule has 0 aliphatic carbocycles. The Morgan fingerprint density at radius 2 is 1.71 bits per heavy atom. The molecule has 4 heteroatoms. The van der Waals surface area contributed by atoms with Gasteiger partial charge in [-0.15, -0.1) is 0 Å². The van der Waals surface area contributed by atoms with Gasteiger partial charge in [0, 0.05) is 36.9 Å². The zero-order chi connectivity index (χ0) is 12.3. The number of nitrogens with zero attached hydrogens (tertiary/aromatic N) is 1. The first-order valence-electron chi connectivity index (χ1n) is 5.82. The van der Waals surface area contributed by atoms with E-state index in [1.54, 1.807) is 14.2 Å². The highest BCUT2D eigenvalue weighted by Crippen LogP contribution is 2.30. The lowest BCUT2D eigenvalue weighted by Gasteiger charge is -2.29. The summed E-state index contributed by atoms with van der Waals surface area (Å²) in [5.41, 5.74) is 0.978. The third kappa shape index (κ3) is 2.52. The molecule has 0 spiro atoms. The molecule has 0 atom stereocenters. The lowest BCUT2D eigenvalue weighted by Crippen LogP contribution is -2.34. The first-order valence-corrected chi connectivity index (χ1v) is 5.82. The maximum atomic E-state index is 7.98. The fourth-order valence-electron chi connectivity index (χ4n) is 2.07. The molecule has 92 valence electrons. The maximum absolute atomic E-state index is 7.98.